The van der Waals surface area contributed by atoms with E-state index in [4.69, 9.17) is 4.74 Å². The summed E-state index contributed by atoms with van der Waals surface area (Å²) in [6.07, 6.45) is 4.11. The Labute approximate surface area is 138 Å². The minimum atomic E-state index is -0.0975. The fourth-order valence-corrected chi connectivity index (χ4v) is 3.32. The molecule has 23 heavy (non-hydrogen) atoms. The van der Waals surface area contributed by atoms with Crippen LogP contribution in [0.3, 0.4) is 0 Å². The topological polar surface area (TPSA) is 61.8 Å². The van der Waals surface area contributed by atoms with Gasteiger partial charge in [-0.15, -0.1) is 0 Å². The Balaban J connectivity index is 1.93. The molecule has 128 valence electrons. The number of amides is 1. The molecule has 2 unspecified atom stereocenters. The molecule has 0 bridgehead atoms. The molecule has 2 rings (SSSR count). The number of nitrogens with zero attached hydrogens (tertiary/aromatic N) is 1. The summed E-state index contributed by atoms with van der Waals surface area (Å²) in [6.45, 7) is 3.48. The number of methoxy groups -OCH3 is 1. The highest BCUT2D eigenvalue weighted by atomic mass is 16.5. The monoisotopic (exact) mass is 320 g/mol. The second-order valence-corrected chi connectivity index (χ2v) is 6.16. The summed E-state index contributed by atoms with van der Waals surface area (Å²) in [7, 11) is 1.64. The van der Waals surface area contributed by atoms with Gasteiger partial charge in [0.15, 0.2) is 0 Å². The molecule has 1 aliphatic rings. The summed E-state index contributed by atoms with van der Waals surface area (Å²) in [5.41, 5.74) is 0.980. The minimum Gasteiger partial charge on any atom is -0.496 e. The highest BCUT2D eigenvalue weighted by Gasteiger charge is 2.24. The number of piperidine rings is 1. The first-order valence-electron chi connectivity index (χ1n) is 8.43. The molecular formula is C18H28N2O3. The summed E-state index contributed by atoms with van der Waals surface area (Å²) in [4.78, 5) is 14.6. The number of nitrogens with one attached hydrogen (secondary N) is 1. The van der Waals surface area contributed by atoms with E-state index in [0.29, 0.717) is 12.6 Å². The van der Waals surface area contributed by atoms with Crippen molar-refractivity contribution in [1.82, 2.24) is 10.2 Å². The Morgan fingerprint density at radius 1 is 1.43 bits per heavy atom. The van der Waals surface area contributed by atoms with Crippen molar-refractivity contribution in [3.63, 3.8) is 0 Å². The lowest BCUT2D eigenvalue weighted by Crippen LogP contribution is -2.46. The van der Waals surface area contributed by atoms with E-state index in [-0.39, 0.29) is 18.6 Å². The largest absolute Gasteiger partial charge is 0.496 e. The van der Waals surface area contributed by atoms with Gasteiger partial charge in [0.05, 0.1) is 19.7 Å². The second kappa shape index (κ2) is 8.89. The first kappa shape index (κ1) is 17.8. The van der Waals surface area contributed by atoms with Gasteiger partial charge in [0.25, 0.3) is 0 Å². The average Bonchev–Trinajstić information content (AvgIpc) is 2.56. The van der Waals surface area contributed by atoms with E-state index < -0.39 is 0 Å². The summed E-state index contributed by atoms with van der Waals surface area (Å²) in [5.74, 6) is 0.810. The van der Waals surface area contributed by atoms with Crippen LogP contribution < -0.4 is 10.1 Å². The second-order valence-electron chi connectivity index (χ2n) is 6.16. The van der Waals surface area contributed by atoms with Gasteiger partial charge < -0.3 is 15.2 Å². The maximum atomic E-state index is 12.4. The summed E-state index contributed by atoms with van der Waals surface area (Å²) in [5, 5.41) is 12.2. The van der Waals surface area contributed by atoms with Gasteiger partial charge in [-0.3, -0.25) is 9.69 Å². The molecular weight excluding hydrogens is 292 g/mol. The zero-order chi connectivity index (χ0) is 16.7. The summed E-state index contributed by atoms with van der Waals surface area (Å²) in [6, 6.07) is 7.96. The number of hydrogen-bond acceptors (Lipinski definition) is 4. The molecule has 1 amide bonds. The van der Waals surface area contributed by atoms with Crippen molar-refractivity contribution in [2.45, 2.75) is 44.7 Å². The number of likely N-dealkylation sites (tertiary alicyclic amines) is 1. The van der Waals surface area contributed by atoms with Crippen molar-refractivity contribution in [3.05, 3.63) is 29.8 Å². The van der Waals surface area contributed by atoms with E-state index in [0.717, 1.165) is 37.1 Å². The van der Waals surface area contributed by atoms with Crippen LogP contribution in [0.25, 0.3) is 0 Å². The quantitative estimate of drug-likeness (QED) is 0.808. The van der Waals surface area contributed by atoms with Crippen molar-refractivity contribution < 1.29 is 14.6 Å². The van der Waals surface area contributed by atoms with Gasteiger partial charge in [0.1, 0.15) is 5.75 Å². The van der Waals surface area contributed by atoms with E-state index in [9.17, 15) is 9.90 Å². The number of aliphatic hydroxyl groups excluding tert-OH is 1. The number of para-hydroxylation sites is 1. The van der Waals surface area contributed by atoms with Crippen LogP contribution in [0.1, 0.15) is 44.2 Å². The molecule has 1 aliphatic heterocycles. The number of aliphatic hydroxyl groups is 1. The average molecular weight is 320 g/mol. The Morgan fingerprint density at radius 3 is 2.96 bits per heavy atom. The Hall–Kier alpha value is -1.59. The molecule has 0 saturated carbocycles. The van der Waals surface area contributed by atoms with E-state index in [2.05, 4.69) is 10.2 Å². The number of benzene rings is 1. The van der Waals surface area contributed by atoms with Crippen molar-refractivity contribution in [3.8, 4) is 5.75 Å². The number of carbonyl (C=O) groups excluding carboxylic acids is 1. The van der Waals surface area contributed by atoms with E-state index in [1.165, 1.54) is 6.42 Å². The van der Waals surface area contributed by atoms with Crippen LogP contribution in [0.5, 0.6) is 5.75 Å². The van der Waals surface area contributed by atoms with Gasteiger partial charge >= 0.3 is 0 Å². The normalized spacial score (nSPS) is 20.0. The number of carbonyl (C=O) groups is 1. The van der Waals surface area contributed by atoms with E-state index >= 15 is 0 Å². The van der Waals surface area contributed by atoms with Gasteiger partial charge in [-0.25, -0.2) is 0 Å². The smallest absolute Gasteiger partial charge is 0.234 e. The van der Waals surface area contributed by atoms with Crippen molar-refractivity contribution in [1.29, 1.82) is 0 Å². The van der Waals surface area contributed by atoms with Crippen molar-refractivity contribution >= 4 is 5.91 Å². The fraction of sp³-hybridized carbons (Fsp3) is 0.611. The van der Waals surface area contributed by atoms with Crippen LogP contribution >= 0.6 is 0 Å². The molecule has 1 aromatic carbocycles. The fourth-order valence-electron chi connectivity index (χ4n) is 3.32. The molecule has 1 fully saturated rings. The Bertz CT molecular complexity index is 505. The Morgan fingerprint density at radius 2 is 2.22 bits per heavy atom. The molecule has 0 radical (unpaired) electrons. The highest BCUT2D eigenvalue weighted by molar-refractivity contribution is 5.78. The van der Waals surface area contributed by atoms with Crippen LogP contribution in [0.15, 0.2) is 24.3 Å². The molecule has 2 N–H and O–H groups in total. The maximum Gasteiger partial charge on any atom is 0.234 e. The van der Waals surface area contributed by atoms with Crippen LogP contribution in [0.2, 0.25) is 0 Å². The molecule has 1 heterocycles. The summed E-state index contributed by atoms with van der Waals surface area (Å²) < 4.78 is 5.36. The van der Waals surface area contributed by atoms with Crippen LogP contribution in [-0.4, -0.2) is 48.8 Å². The third-order valence-electron chi connectivity index (χ3n) is 4.54. The van der Waals surface area contributed by atoms with Crippen LogP contribution in [-0.2, 0) is 4.79 Å². The van der Waals surface area contributed by atoms with Gasteiger partial charge in [-0.05, 0) is 38.8 Å². The SMILES string of the molecule is COc1ccccc1C(C)NC(=O)CN1CCCCC1CCO. The Kier molecular flexibility index (Phi) is 6.86. The number of rotatable bonds is 7. The third kappa shape index (κ3) is 4.94. The lowest BCUT2D eigenvalue weighted by molar-refractivity contribution is -0.123. The zero-order valence-corrected chi connectivity index (χ0v) is 14.1. The first-order chi connectivity index (χ1) is 11.2. The predicted molar refractivity (Wildman–Crippen MR) is 90.5 cm³/mol. The molecule has 2 atom stereocenters. The molecule has 1 aromatic rings. The van der Waals surface area contributed by atoms with Crippen molar-refractivity contribution in [2.75, 3.05) is 26.8 Å². The summed E-state index contributed by atoms with van der Waals surface area (Å²) >= 11 is 0. The first-order valence-corrected chi connectivity index (χ1v) is 8.43. The molecule has 5 nitrogen and oxygen atoms in total. The standard InChI is InChI=1S/C18H28N2O3/c1-14(16-8-3-4-9-17(16)23-2)19-18(22)13-20-11-6-5-7-15(20)10-12-21/h3-4,8-9,14-15,21H,5-7,10-13H2,1-2H3,(H,19,22). The number of ether oxygens (including phenoxy) is 1. The van der Waals surface area contributed by atoms with Gasteiger partial charge in [0, 0.05) is 18.2 Å². The molecule has 1 saturated heterocycles. The number of hydrogen-bond donors (Lipinski definition) is 2. The van der Waals surface area contributed by atoms with E-state index in [1.54, 1.807) is 7.11 Å². The van der Waals surface area contributed by atoms with Gasteiger partial charge in [-0.2, -0.15) is 0 Å². The molecule has 0 aromatic heterocycles. The third-order valence-corrected chi connectivity index (χ3v) is 4.54. The lowest BCUT2D eigenvalue weighted by atomic mass is 9.99. The van der Waals surface area contributed by atoms with E-state index in [1.807, 2.05) is 31.2 Å². The lowest BCUT2D eigenvalue weighted by Gasteiger charge is -2.35. The van der Waals surface area contributed by atoms with Gasteiger partial charge in [0.2, 0.25) is 5.91 Å². The molecule has 5 heteroatoms. The molecule has 0 spiro atoms. The molecule has 0 aliphatic carbocycles. The maximum absolute atomic E-state index is 12.4. The van der Waals surface area contributed by atoms with Crippen molar-refractivity contribution in [2.24, 2.45) is 0 Å². The van der Waals surface area contributed by atoms with Crippen LogP contribution in [0.4, 0.5) is 0 Å². The van der Waals surface area contributed by atoms with Crippen LogP contribution in [0, 0.1) is 0 Å². The minimum absolute atomic E-state index is 0.0215. The van der Waals surface area contributed by atoms with Gasteiger partial charge in [-0.1, -0.05) is 24.6 Å². The predicted octanol–water partition coefficient (Wildman–Crippen LogP) is 2.11. The zero-order valence-electron chi connectivity index (χ0n) is 14.1. The highest BCUT2D eigenvalue weighted by Crippen LogP contribution is 2.24.